The highest BCUT2D eigenvalue weighted by atomic mass is 79.9. The van der Waals surface area contributed by atoms with Gasteiger partial charge in [-0.15, -0.1) is 0 Å². The Bertz CT molecular complexity index is 550. The van der Waals surface area contributed by atoms with Crippen molar-refractivity contribution in [3.8, 4) is 11.5 Å². The number of methoxy groups -OCH3 is 2. The molecule has 22 heavy (non-hydrogen) atoms. The fourth-order valence-corrected chi connectivity index (χ4v) is 2.09. The third kappa shape index (κ3) is 5.97. The molecule has 0 unspecified atom stereocenters. The Morgan fingerprint density at radius 2 is 1.82 bits per heavy atom. The summed E-state index contributed by atoms with van der Waals surface area (Å²) in [5.41, 5.74) is 0.420. The minimum absolute atomic E-state index is 0.371. The molecule has 122 valence electrons. The van der Waals surface area contributed by atoms with Crippen LogP contribution in [-0.4, -0.2) is 32.5 Å². The van der Waals surface area contributed by atoms with Crippen molar-refractivity contribution in [2.45, 2.75) is 26.4 Å². The molecule has 0 saturated carbocycles. The van der Waals surface area contributed by atoms with E-state index >= 15 is 0 Å². The molecule has 0 saturated heterocycles. The van der Waals surface area contributed by atoms with E-state index in [0.717, 1.165) is 10.0 Å². The van der Waals surface area contributed by atoms with Crippen LogP contribution in [0.1, 0.15) is 26.3 Å². The number of ether oxygens (including phenoxy) is 3. The number of nitrogens with one attached hydrogen (secondary N) is 1. The molecule has 0 aliphatic heterocycles. The predicted octanol–water partition coefficient (Wildman–Crippen LogP) is 4.00. The molecule has 0 radical (unpaired) electrons. The van der Waals surface area contributed by atoms with Crippen LogP contribution in [0.15, 0.2) is 22.7 Å². The Morgan fingerprint density at radius 1 is 1.23 bits per heavy atom. The lowest BCUT2D eigenvalue weighted by Gasteiger charge is -2.19. The predicted molar refractivity (Wildman–Crippen MR) is 90.5 cm³/mol. The van der Waals surface area contributed by atoms with Crippen molar-refractivity contribution >= 4 is 28.1 Å². The summed E-state index contributed by atoms with van der Waals surface area (Å²) in [6, 6.07) is 3.69. The Kier molecular flexibility index (Phi) is 6.74. The largest absolute Gasteiger partial charge is 0.493 e. The number of carbonyl (C=O) groups is 1. The van der Waals surface area contributed by atoms with Gasteiger partial charge in [-0.25, -0.2) is 4.79 Å². The summed E-state index contributed by atoms with van der Waals surface area (Å²) >= 11 is 3.47. The van der Waals surface area contributed by atoms with Gasteiger partial charge in [0.25, 0.3) is 0 Å². The molecule has 1 rings (SSSR count). The fourth-order valence-electron chi connectivity index (χ4n) is 1.64. The minimum atomic E-state index is -0.500. The highest BCUT2D eigenvalue weighted by molar-refractivity contribution is 9.10. The van der Waals surface area contributed by atoms with Gasteiger partial charge >= 0.3 is 6.09 Å². The summed E-state index contributed by atoms with van der Waals surface area (Å²) in [7, 11) is 3.17. The average molecular weight is 372 g/mol. The lowest BCUT2D eigenvalue weighted by molar-refractivity contribution is 0.0534. The molecule has 1 aromatic carbocycles. The normalized spacial score (nSPS) is 11.4. The Labute approximate surface area is 139 Å². The van der Waals surface area contributed by atoms with Gasteiger partial charge < -0.3 is 19.5 Å². The van der Waals surface area contributed by atoms with Gasteiger partial charge in [0.15, 0.2) is 11.5 Å². The maximum atomic E-state index is 11.5. The lowest BCUT2D eigenvalue weighted by atomic mass is 10.2. The maximum Gasteiger partial charge on any atom is 0.407 e. The fraction of sp³-hybridized carbons (Fsp3) is 0.438. The number of alkyl carbamates (subject to hydrolysis) is 1. The lowest BCUT2D eigenvalue weighted by Crippen LogP contribution is -2.32. The van der Waals surface area contributed by atoms with Gasteiger partial charge in [0.05, 0.1) is 14.2 Å². The van der Waals surface area contributed by atoms with Crippen molar-refractivity contribution < 1.29 is 19.0 Å². The molecule has 1 amide bonds. The second-order valence-electron chi connectivity index (χ2n) is 5.51. The smallest absolute Gasteiger partial charge is 0.407 e. The first-order chi connectivity index (χ1) is 10.3. The summed E-state index contributed by atoms with van der Waals surface area (Å²) in [4.78, 5) is 11.5. The summed E-state index contributed by atoms with van der Waals surface area (Å²) in [5, 5.41) is 2.66. The zero-order valence-electron chi connectivity index (χ0n) is 13.5. The minimum Gasteiger partial charge on any atom is -0.493 e. The van der Waals surface area contributed by atoms with Crippen LogP contribution in [0.4, 0.5) is 4.79 Å². The van der Waals surface area contributed by atoms with Crippen molar-refractivity contribution in [2.75, 3.05) is 20.8 Å². The van der Waals surface area contributed by atoms with E-state index in [1.807, 2.05) is 45.1 Å². The SMILES string of the molecule is COc1cc(Br)c(C=CCNC(=O)OC(C)(C)C)cc1OC. The maximum absolute atomic E-state index is 11.5. The van der Waals surface area contributed by atoms with Crippen LogP contribution in [0, 0.1) is 0 Å². The molecule has 0 aromatic heterocycles. The summed E-state index contributed by atoms with van der Waals surface area (Å²) in [6.45, 7) is 5.84. The molecule has 0 aliphatic carbocycles. The third-order valence-corrected chi connectivity index (χ3v) is 3.25. The van der Waals surface area contributed by atoms with E-state index in [1.165, 1.54) is 0 Å². The molecule has 0 bridgehead atoms. The summed E-state index contributed by atoms with van der Waals surface area (Å²) in [6.07, 6.45) is 3.27. The molecule has 0 fully saturated rings. The van der Waals surface area contributed by atoms with E-state index in [2.05, 4.69) is 21.2 Å². The second kappa shape index (κ2) is 8.08. The monoisotopic (exact) mass is 371 g/mol. The molecule has 0 spiro atoms. The van der Waals surface area contributed by atoms with Gasteiger partial charge in [0.2, 0.25) is 0 Å². The second-order valence-corrected chi connectivity index (χ2v) is 6.37. The van der Waals surface area contributed by atoms with Gasteiger partial charge in [0, 0.05) is 11.0 Å². The summed E-state index contributed by atoms with van der Waals surface area (Å²) < 4.78 is 16.5. The van der Waals surface area contributed by atoms with Crippen LogP contribution < -0.4 is 14.8 Å². The number of halogens is 1. The van der Waals surface area contributed by atoms with Crippen LogP contribution in [0.5, 0.6) is 11.5 Å². The van der Waals surface area contributed by atoms with E-state index in [4.69, 9.17) is 14.2 Å². The molecule has 0 aliphatic rings. The van der Waals surface area contributed by atoms with Gasteiger partial charge in [-0.1, -0.05) is 28.1 Å². The third-order valence-electron chi connectivity index (χ3n) is 2.56. The topological polar surface area (TPSA) is 56.8 Å². The van der Waals surface area contributed by atoms with Crippen LogP contribution in [0.2, 0.25) is 0 Å². The number of rotatable bonds is 5. The zero-order valence-corrected chi connectivity index (χ0v) is 15.1. The number of hydrogen-bond donors (Lipinski definition) is 1. The molecule has 5 nitrogen and oxygen atoms in total. The van der Waals surface area contributed by atoms with E-state index in [-0.39, 0.29) is 0 Å². The molecule has 0 heterocycles. The Hall–Kier alpha value is -1.69. The first kappa shape index (κ1) is 18.4. The van der Waals surface area contributed by atoms with E-state index in [9.17, 15) is 4.79 Å². The highest BCUT2D eigenvalue weighted by Gasteiger charge is 2.15. The first-order valence-electron chi connectivity index (χ1n) is 6.81. The van der Waals surface area contributed by atoms with Gasteiger partial charge in [-0.2, -0.15) is 0 Å². The van der Waals surface area contributed by atoms with Crippen molar-refractivity contribution in [2.24, 2.45) is 0 Å². The molecule has 1 N–H and O–H groups in total. The molecule has 1 aromatic rings. The van der Waals surface area contributed by atoms with Crippen molar-refractivity contribution in [1.29, 1.82) is 0 Å². The zero-order chi connectivity index (χ0) is 16.8. The molecular weight excluding hydrogens is 350 g/mol. The van der Waals surface area contributed by atoms with Crippen molar-refractivity contribution in [3.63, 3.8) is 0 Å². The summed E-state index contributed by atoms with van der Waals surface area (Å²) in [5.74, 6) is 1.30. The Morgan fingerprint density at radius 3 is 2.36 bits per heavy atom. The van der Waals surface area contributed by atoms with Crippen LogP contribution >= 0.6 is 15.9 Å². The van der Waals surface area contributed by atoms with E-state index in [0.29, 0.717) is 18.0 Å². The molecular formula is C16H22BrNO4. The first-order valence-corrected chi connectivity index (χ1v) is 7.61. The van der Waals surface area contributed by atoms with Crippen LogP contribution in [0.25, 0.3) is 6.08 Å². The molecule has 0 atom stereocenters. The van der Waals surface area contributed by atoms with E-state index in [1.54, 1.807) is 14.2 Å². The standard InChI is InChI=1S/C16H22BrNO4/c1-16(2,3)22-15(19)18-8-6-7-11-9-13(20-4)14(21-5)10-12(11)17/h6-7,9-10H,8H2,1-5H3,(H,18,19). The number of amides is 1. The van der Waals surface area contributed by atoms with Gasteiger partial charge in [-0.3, -0.25) is 0 Å². The van der Waals surface area contributed by atoms with Gasteiger partial charge in [0.1, 0.15) is 5.60 Å². The molecule has 6 heteroatoms. The quantitative estimate of drug-likeness (QED) is 0.849. The average Bonchev–Trinajstić information content (AvgIpc) is 2.42. The number of benzene rings is 1. The van der Waals surface area contributed by atoms with Gasteiger partial charge in [-0.05, 0) is 38.5 Å². The highest BCUT2D eigenvalue weighted by Crippen LogP contribution is 2.33. The van der Waals surface area contributed by atoms with E-state index < -0.39 is 11.7 Å². The Balaban J connectivity index is 2.65. The number of carbonyl (C=O) groups excluding carboxylic acids is 1. The van der Waals surface area contributed by atoms with Crippen LogP contribution in [0.3, 0.4) is 0 Å². The van der Waals surface area contributed by atoms with Crippen molar-refractivity contribution in [1.82, 2.24) is 5.32 Å². The number of hydrogen-bond acceptors (Lipinski definition) is 4. The van der Waals surface area contributed by atoms with Crippen LogP contribution in [-0.2, 0) is 4.74 Å². The van der Waals surface area contributed by atoms with Crippen molar-refractivity contribution in [3.05, 3.63) is 28.2 Å².